The molecule has 0 aliphatic carbocycles. The van der Waals surface area contributed by atoms with E-state index in [1.54, 1.807) is 12.1 Å². The molecule has 0 bridgehead atoms. The second-order valence-electron chi connectivity index (χ2n) is 6.59. The number of halogens is 1. The monoisotopic (exact) mass is 373 g/mol. The fourth-order valence-corrected chi connectivity index (χ4v) is 3.81. The number of aromatic nitrogens is 2. The highest BCUT2D eigenvalue weighted by atomic mass is 35.5. The number of aromatic hydroxyl groups is 1. The molecule has 0 aliphatic rings. The first-order chi connectivity index (χ1) is 13.1. The smallest absolute Gasteiger partial charge is 0.115 e. The minimum Gasteiger partial charge on any atom is -0.508 e. The van der Waals surface area contributed by atoms with E-state index in [4.69, 9.17) is 16.6 Å². The number of para-hydroxylation sites is 1. The fourth-order valence-electron chi connectivity index (χ4n) is 3.64. The number of benzene rings is 3. The van der Waals surface area contributed by atoms with Gasteiger partial charge >= 0.3 is 0 Å². The van der Waals surface area contributed by atoms with Gasteiger partial charge in [0.2, 0.25) is 0 Å². The first-order valence-corrected chi connectivity index (χ1v) is 9.02. The van der Waals surface area contributed by atoms with Crippen LogP contribution in [0.1, 0.15) is 0 Å². The van der Waals surface area contributed by atoms with Crippen molar-refractivity contribution >= 4 is 55.8 Å². The van der Waals surface area contributed by atoms with Crippen molar-refractivity contribution in [3.8, 4) is 5.75 Å². The zero-order valence-electron chi connectivity index (χ0n) is 14.6. The van der Waals surface area contributed by atoms with Crippen molar-refractivity contribution in [1.29, 1.82) is 0 Å². The van der Waals surface area contributed by atoms with Crippen molar-refractivity contribution < 1.29 is 5.11 Å². The minimum absolute atomic E-state index is 0.240. The van der Waals surface area contributed by atoms with Crippen LogP contribution in [-0.2, 0) is 7.05 Å². The number of rotatable bonds is 2. The van der Waals surface area contributed by atoms with Crippen LogP contribution in [0.4, 0.5) is 11.4 Å². The number of hydrogen-bond acceptors (Lipinski definition) is 3. The zero-order chi connectivity index (χ0) is 18.5. The number of pyridine rings is 1. The third-order valence-corrected chi connectivity index (χ3v) is 5.15. The van der Waals surface area contributed by atoms with Gasteiger partial charge in [0.25, 0.3) is 0 Å². The lowest BCUT2D eigenvalue weighted by molar-refractivity contribution is 0.475. The second kappa shape index (κ2) is 5.89. The average molecular weight is 374 g/mol. The van der Waals surface area contributed by atoms with E-state index in [9.17, 15) is 5.11 Å². The van der Waals surface area contributed by atoms with Crippen LogP contribution >= 0.6 is 11.6 Å². The van der Waals surface area contributed by atoms with Crippen molar-refractivity contribution in [2.24, 2.45) is 7.05 Å². The largest absolute Gasteiger partial charge is 0.508 e. The van der Waals surface area contributed by atoms with E-state index < -0.39 is 0 Å². The SMILES string of the molecule is Cn1c2ccc(Cl)cc2c2nc3ccccc3c(Nc3ccc(O)cc3)c21. The Morgan fingerprint density at radius 3 is 2.56 bits per heavy atom. The number of fused-ring (bicyclic) bond motifs is 4. The van der Waals surface area contributed by atoms with Gasteiger partial charge in [-0.1, -0.05) is 29.8 Å². The number of aryl methyl sites for hydroxylation is 1. The Morgan fingerprint density at radius 1 is 0.963 bits per heavy atom. The Morgan fingerprint density at radius 2 is 1.74 bits per heavy atom. The Kier molecular flexibility index (Phi) is 3.49. The van der Waals surface area contributed by atoms with Crippen molar-refractivity contribution in [3.63, 3.8) is 0 Å². The predicted octanol–water partition coefficient (Wildman–Crippen LogP) is 5.98. The van der Waals surface area contributed by atoms with Crippen molar-refractivity contribution in [1.82, 2.24) is 9.55 Å². The van der Waals surface area contributed by atoms with Crippen LogP contribution in [0.3, 0.4) is 0 Å². The summed E-state index contributed by atoms with van der Waals surface area (Å²) in [5.74, 6) is 0.240. The van der Waals surface area contributed by atoms with E-state index in [-0.39, 0.29) is 5.75 Å². The Labute approximate surface area is 160 Å². The van der Waals surface area contributed by atoms with Crippen LogP contribution in [0, 0.1) is 0 Å². The van der Waals surface area contributed by atoms with E-state index >= 15 is 0 Å². The van der Waals surface area contributed by atoms with E-state index in [2.05, 4.69) is 16.0 Å². The molecule has 2 heterocycles. The molecule has 2 aromatic heterocycles. The molecule has 0 amide bonds. The molecule has 3 aromatic carbocycles. The molecule has 5 heteroatoms. The molecule has 27 heavy (non-hydrogen) atoms. The summed E-state index contributed by atoms with van der Waals surface area (Å²) in [6.07, 6.45) is 0. The van der Waals surface area contributed by atoms with Gasteiger partial charge in [0.1, 0.15) is 5.75 Å². The highest BCUT2D eigenvalue weighted by Crippen LogP contribution is 2.38. The summed E-state index contributed by atoms with van der Waals surface area (Å²) in [5, 5.41) is 15.9. The lowest BCUT2D eigenvalue weighted by atomic mass is 10.1. The number of phenolic OH excluding ortho intramolecular Hbond substituents is 1. The maximum Gasteiger partial charge on any atom is 0.115 e. The molecule has 0 spiro atoms. The van der Waals surface area contributed by atoms with Gasteiger partial charge in [-0.2, -0.15) is 0 Å². The Balaban J connectivity index is 1.90. The lowest BCUT2D eigenvalue weighted by Crippen LogP contribution is -1.97. The van der Waals surface area contributed by atoms with Gasteiger partial charge in [0.15, 0.2) is 0 Å². The molecule has 0 saturated carbocycles. The highest BCUT2D eigenvalue weighted by Gasteiger charge is 2.17. The first-order valence-electron chi connectivity index (χ1n) is 8.64. The van der Waals surface area contributed by atoms with Gasteiger partial charge in [-0.15, -0.1) is 0 Å². The molecular weight excluding hydrogens is 358 g/mol. The van der Waals surface area contributed by atoms with Crippen molar-refractivity contribution in [3.05, 3.63) is 71.8 Å². The molecular formula is C22H16ClN3O. The van der Waals surface area contributed by atoms with E-state index in [0.29, 0.717) is 5.02 Å². The molecule has 0 unspecified atom stereocenters. The molecule has 0 radical (unpaired) electrons. The summed E-state index contributed by atoms with van der Waals surface area (Å²) in [6.45, 7) is 0. The summed E-state index contributed by atoms with van der Waals surface area (Å²) in [7, 11) is 2.04. The Bertz CT molecular complexity index is 1320. The van der Waals surface area contributed by atoms with Crippen LogP contribution in [0.5, 0.6) is 5.75 Å². The fraction of sp³-hybridized carbons (Fsp3) is 0.0455. The molecule has 0 atom stereocenters. The third kappa shape index (κ3) is 2.49. The third-order valence-electron chi connectivity index (χ3n) is 4.91. The standard InChI is InChI=1S/C22H16ClN3O/c1-26-19-11-6-13(23)12-17(19)21-22(26)20(16-4-2-3-5-18(16)25-21)24-14-7-9-15(27)10-8-14/h2-12,27H,1H3,(H,24,25). The number of nitrogens with one attached hydrogen (secondary N) is 1. The number of phenols is 1. The molecule has 0 fully saturated rings. The number of nitrogens with zero attached hydrogens (tertiary/aromatic N) is 2. The predicted molar refractivity (Wildman–Crippen MR) is 112 cm³/mol. The van der Waals surface area contributed by atoms with E-state index in [1.165, 1.54) is 0 Å². The topological polar surface area (TPSA) is 50.1 Å². The maximum absolute atomic E-state index is 9.58. The van der Waals surface area contributed by atoms with Gasteiger partial charge in [-0.25, -0.2) is 4.98 Å². The zero-order valence-corrected chi connectivity index (χ0v) is 15.3. The van der Waals surface area contributed by atoms with Crippen LogP contribution in [-0.4, -0.2) is 14.7 Å². The molecule has 132 valence electrons. The van der Waals surface area contributed by atoms with Gasteiger partial charge in [-0.05, 0) is 48.5 Å². The van der Waals surface area contributed by atoms with Gasteiger partial charge in [0, 0.05) is 28.5 Å². The van der Waals surface area contributed by atoms with Crippen LogP contribution in [0.25, 0.3) is 32.8 Å². The molecule has 2 N–H and O–H groups in total. The van der Waals surface area contributed by atoms with E-state index in [0.717, 1.165) is 44.2 Å². The number of anilines is 2. The van der Waals surface area contributed by atoms with Crippen molar-refractivity contribution in [2.75, 3.05) is 5.32 Å². The molecule has 0 saturated heterocycles. The summed E-state index contributed by atoms with van der Waals surface area (Å²) >= 11 is 6.25. The van der Waals surface area contributed by atoms with Gasteiger partial charge in [-0.3, -0.25) is 0 Å². The second-order valence-corrected chi connectivity index (χ2v) is 7.03. The molecule has 5 aromatic rings. The minimum atomic E-state index is 0.240. The van der Waals surface area contributed by atoms with Crippen LogP contribution in [0.2, 0.25) is 5.02 Å². The molecule has 0 aliphatic heterocycles. The highest BCUT2D eigenvalue weighted by molar-refractivity contribution is 6.32. The Hall–Kier alpha value is -3.24. The maximum atomic E-state index is 9.58. The quantitative estimate of drug-likeness (QED) is 0.374. The average Bonchev–Trinajstić information content (AvgIpc) is 2.95. The summed E-state index contributed by atoms with van der Waals surface area (Å²) in [6, 6.07) is 21.0. The van der Waals surface area contributed by atoms with Gasteiger partial charge in [0.05, 0.1) is 27.8 Å². The lowest BCUT2D eigenvalue weighted by Gasteiger charge is -2.13. The normalized spacial score (nSPS) is 11.5. The molecule has 5 rings (SSSR count). The molecule has 4 nitrogen and oxygen atoms in total. The van der Waals surface area contributed by atoms with E-state index in [1.807, 2.05) is 55.6 Å². The summed E-state index contributed by atoms with van der Waals surface area (Å²) in [4.78, 5) is 4.92. The summed E-state index contributed by atoms with van der Waals surface area (Å²) < 4.78 is 2.14. The number of hydrogen-bond donors (Lipinski definition) is 2. The van der Waals surface area contributed by atoms with Crippen molar-refractivity contribution in [2.45, 2.75) is 0 Å². The van der Waals surface area contributed by atoms with Crippen LogP contribution in [0.15, 0.2) is 66.7 Å². The van der Waals surface area contributed by atoms with Gasteiger partial charge < -0.3 is 15.0 Å². The first kappa shape index (κ1) is 16.0. The summed E-state index contributed by atoms with van der Waals surface area (Å²) in [5.41, 5.74) is 5.79. The van der Waals surface area contributed by atoms with Crippen LogP contribution < -0.4 is 5.32 Å².